The average Bonchev–Trinajstić information content (AvgIpc) is 3.04. The first-order chi connectivity index (χ1) is 12.7. The summed E-state index contributed by atoms with van der Waals surface area (Å²) >= 11 is 5.78. The van der Waals surface area contributed by atoms with Crippen molar-refractivity contribution in [1.82, 2.24) is 5.32 Å². The van der Waals surface area contributed by atoms with Gasteiger partial charge in [-0.15, -0.1) is 0 Å². The van der Waals surface area contributed by atoms with E-state index in [1.54, 1.807) is 48.5 Å². The molecule has 0 radical (unpaired) electrons. The maximum Gasteiger partial charge on any atom is 0.458 e. The van der Waals surface area contributed by atoms with Crippen molar-refractivity contribution in [2.45, 2.75) is 24.9 Å². The van der Waals surface area contributed by atoms with Gasteiger partial charge in [-0.25, -0.2) is 0 Å². The van der Waals surface area contributed by atoms with Gasteiger partial charge in [0, 0.05) is 17.1 Å². The van der Waals surface area contributed by atoms with Gasteiger partial charge >= 0.3 is 12.0 Å². The summed E-state index contributed by atoms with van der Waals surface area (Å²) in [6.07, 6.45) is -5.76. The lowest BCUT2D eigenvalue weighted by Crippen LogP contribution is -2.45. The number of nitrogens with one attached hydrogen (secondary N) is 1. The molecule has 3 rings (SSSR count). The number of oxime groups is 1. The van der Waals surface area contributed by atoms with Crippen LogP contribution < -0.4 is 5.32 Å². The molecule has 0 saturated carbocycles. The molecule has 5 nitrogen and oxygen atoms in total. The van der Waals surface area contributed by atoms with Gasteiger partial charge in [0.05, 0.1) is 12.1 Å². The second-order valence-corrected chi connectivity index (χ2v) is 6.41. The first-order valence-corrected chi connectivity index (χ1v) is 8.23. The Morgan fingerprint density at radius 2 is 1.96 bits per heavy atom. The van der Waals surface area contributed by atoms with Crippen LogP contribution in [-0.4, -0.2) is 28.7 Å². The lowest BCUT2D eigenvalue weighted by Gasteiger charge is -2.22. The number of rotatable bonds is 4. The van der Waals surface area contributed by atoms with Gasteiger partial charge < -0.3 is 15.3 Å². The molecule has 1 heterocycles. The summed E-state index contributed by atoms with van der Waals surface area (Å²) in [7, 11) is 0. The molecule has 0 aromatic heterocycles. The average molecular weight is 399 g/mol. The van der Waals surface area contributed by atoms with E-state index in [0.29, 0.717) is 21.7 Å². The molecule has 142 valence electrons. The van der Waals surface area contributed by atoms with Crippen LogP contribution in [0.15, 0.2) is 53.7 Å². The van der Waals surface area contributed by atoms with Crippen LogP contribution in [0, 0.1) is 0 Å². The molecule has 0 spiro atoms. The minimum absolute atomic E-state index is 0.0271. The van der Waals surface area contributed by atoms with Gasteiger partial charge in [0.15, 0.2) is 0 Å². The Bertz CT molecular complexity index is 884. The fourth-order valence-electron chi connectivity index (χ4n) is 2.48. The molecule has 9 heteroatoms. The molecule has 1 aliphatic rings. The highest BCUT2D eigenvalue weighted by Crippen LogP contribution is 2.38. The second kappa shape index (κ2) is 7.21. The molecule has 2 aromatic carbocycles. The number of hydrogen-bond donors (Lipinski definition) is 2. The Labute approximate surface area is 157 Å². The zero-order valence-electron chi connectivity index (χ0n) is 13.8. The Morgan fingerprint density at radius 3 is 2.59 bits per heavy atom. The van der Waals surface area contributed by atoms with Gasteiger partial charge in [0.1, 0.15) is 0 Å². The summed E-state index contributed by atoms with van der Waals surface area (Å²) in [4.78, 5) is 16.3. The van der Waals surface area contributed by atoms with E-state index in [1.807, 2.05) is 0 Å². The molecule has 0 aliphatic carbocycles. The van der Waals surface area contributed by atoms with Gasteiger partial charge in [-0.2, -0.15) is 13.2 Å². The van der Waals surface area contributed by atoms with Crippen molar-refractivity contribution in [2.75, 3.05) is 0 Å². The van der Waals surface area contributed by atoms with E-state index in [9.17, 15) is 23.1 Å². The van der Waals surface area contributed by atoms with Crippen molar-refractivity contribution < 1.29 is 27.9 Å². The molecule has 2 N–H and O–H groups in total. The third kappa shape index (κ3) is 4.23. The van der Waals surface area contributed by atoms with E-state index in [0.717, 1.165) is 0 Å². The van der Waals surface area contributed by atoms with Gasteiger partial charge in [-0.3, -0.25) is 4.79 Å². The molecule has 0 saturated heterocycles. The van der Waals surface area contributed by atoms with E-state index in [-0.39, 0.29) is 18.2 Å². The summed E-state index contributed by atoms with van der Waals surface area (Å²) in [6, 6.07) is 12.8. The zero-order chi connectivity index (χ0) is 19.7. The largest absolute Gasteiger partial charge is 0.458 e. The summed E-state index contributed by atoms with van der Waals surface area (Å²) in [6.45, 7) is 0.160. The highest BCUT2D eigenvalue weighted by molar-refractivity contribution is 6.30. The third-order valence-corrected chi connectivity index (χ3v) is 4.23. The number of benzene rings is 2. The van der Waals surface area contributed by atoms with E-state index in [2.05, 4.69) is 15.3 Å². The molecule has 0 bridgehead atoms. The number of carbonyl (C=O) groups excluding carboxylic acids is 1. The zero-order valence-corrected chi connectivity index (χ0v) is 14.5. The lowest BCUT2D eigenvalue weighted by molar-refractivity contribution is -0.355. The Hall–Kier alpha value is -2.58. The van der Waals surface area contributed by atoms with Crippen molar-refractivity contribution in [2.24, 2.45) is 5.16 Å². The van der Waals surface area contributed by atoms with Crippen LogP contribution in [0.25, 0.3) is 0 Å². The summed E-state index contributed by atoms with van der Waals surface area (Å²) < 4.78 is 38.4. The number of alkyl halides is 3. The van der Waals surface area contributed by atoms with E-state index < -0.39 is 18.4 Å². The van der Waals surface area contributed by atoms with Crippen LogP contribution in [0.2, 0.25) is 5.02 Å². The minimum atomic E-state index is -4.96. The van der Waals surface area contributed by atoms with Crippen LogP contribution in [0.3, 0.4) is 0 Å². The molecule has 1 aliphatic heterocycles. The topological polar surface area (TPSA) is 70.9 Å². The standard InChI is InChI=1S/C18H14ClF3N2O3/c19-14-6-4-12(5-7-14)16(25)23-10-11-2-1-3-13(8-11)15-9-17(26,27-24-15)18(20,21)22/h1-8,26H,9-10H2,(H,23,25). The minimum Gasteiger partial charge on any atom is -0.350 e. The third-order valence-electron chi connectivity index (χ3n) is 3.98. The lowest BCUT2D eigenvalue weighted by atomic mass is 10.0. The van der Waals surface area contributed by atoms with Crippen molar-refractivity contribution in [3.05, 3.63) is 70.2 Å². The number of hydrogen-bond acceptors (Lipinski definition) is 4. The quantitative estimate of drug-likeness (QED) is 0.826. The molecular weight excluding hydrogens is 385 g/mol. The molecule has 1 atom stereocenters. The maximum absolute atomic E-state index is 12.8. The molecule has 1 unspecified atom stereocenters. The number of nitrogens with zero attached hydrogens (tertiary/aromatic N) is 1. The van der Waals surface area contributed by atoms with Crippen molar-refractivity contribution in [3.8, 4) is 0 Å². The Balaban J connectivity index is 1.66. The summed E-state index contributed by atoms with van der Waals surface area (Å²) in [5.41, 5.74) is 1.42. The second-order valence-electron chi connectivity index (χ2n) is 5.98. The predicted molar refractivity (Wildman–Crippen MR) is 92.3 cm³/mol. The predicted octanol–water partition coefficient (Wildman–Crippen LogP) is 3.65. The van der Waals surface area contributed by atoms with Crippen LogP contribution in [-0.2, 0) is 11.4 Å². The van der Waals surface area contributed by atoms with Gasteiger partial charge in [0.25, 0.3) is 5.91 Å². The normalized spacial score (nSPS) is 19.4. The Morgan fingerprint density at radius 1 is 1.26 bits per heavy atom. The number of halogens is 4. The van der Waals surface area contributed by atoms with Gasteiger partial charge in [0.2, 0.25) is 0 Å². The van der Waals surface area contributed by atoms with Gasteiger partial charge in [-0.05, 0) is 41.5 Å². The highest BCUT2D eigenvalue weighted by Gasteiger charge is 2.60. The SMILES string of the molecule is O=C(NCc1cccc(C2=NOC(O)(C(F)(F)F)C2)c1)c1ccc(Cl)cc1. The van der Waals surface area contributed by atoms with E-state index in [1.165, 1.54) is 0 Å². The van der Waals surface area contributed by atoms with E-state index in [4.69, 9.17) is 11.6 Å². The summed E-state index contributed by atoms with van der Waals surface area (Å²) in [5.74, 6) is -3.63. The first-order valence-electron chi connectivity index (χ1n) is 7.85. The van der Waals surface area contributed by atoms with Gasteiger partial charge in [-0.1, -0.05) is 35.0 Å². The monoisotopic (exact) mass is 398 g/mol. The van der Waals surface area contributed by atoms with Crippen LogP contribution in [0.1, 0.15) is 27.9 Å². The number of carbonyl (C=O) groups is 1. The number of aliphatic hydroxyl groups is 1. The molecule has 1 amide bonds. The van der Waals surface area contributed by atoms with Crippen LogP contribution >= 0.6 is 11.6 Å². The Kier molecular flexibility index (Phi) is 5.12. The van der Waals surface area contributed by atoms with Crippen LogP contribution in [0.4, 0.5) is 13.2 Å². The molecule has 0 fully saturated rings. The smallest absolute Gasteiger partial charge is 0.350 e. The molecule has 2 aromatic rings. The number of amides is 1. The molecule has 27 heavy (non-hydrogen) atoms. The van der Waals surface area contributed by atoms with Crippen molar-refractivity contribution in [1.29, 1.82) is 0 Å². The highest BCUT2D eigenvalue weighted by atomic mass is 35.5. The van der Waals surface area contributed by atoms with Crippen LogP contribution in [0.5, 0.6) is 0 Å². The van der Waals surface area contributed by atoms with Crippen molar-refractivity contribution >= 4 is 23.2 Å². The van der Waals surface area contributed by atoms with Crippen molar-refractivity contribution in [3.63, 3.8) is 0 Å². The first kappa shape index (κ1) is 19.2. The molecular formula is C18H14ClF3N2O3. The fourth-order valence-corrected chi connectivity index (χ4v) is 2.60. The van der Waals surface area contributed by atoms with E-state index >= 15 is 0 Å². The maximum atomic E-state index is 12.8. The fraction of sp³-hybridized carbons (Fsp3) is 0.222. The summed E-state index contributed by atoms with van der Waals surface area (Å²) in [5, 5.41) is 16.1.